The van der Waals surface area contributed by atoms with Crippen molar-refractivity contribution in [1.29, 1.82) is 0 Å². The van der Waals surface area contributed by atoms with Crippen LogP contribution in [0.15, 0.2) is 113 Å². The molecular weight excluding hydrogens is 489 g/mol. The summed E-state index contributed by atoms with van der Waals surface area (Å²) in [7, 11) is 0. The Bertz CT molecular complexity index is 1340. The minimum atomic E-state index is -0.375. The molecule has 0 fully saturated rings. The second-order valence-electron chi connectivity index (χ2n) is 7.91. The van der Waals surface area contributed by atoms with Gasteiger partial charge in [0.05, 0.1) is 6.21 Å². The van der Waals surface area contributed by atoms with Crippen LogP contribution in [0, 0.1) is 5.82 Å². The van der Waals surface area contributed by atoms with Gasteiger partial charge in [-0.1, -0.05) is 30.3 Å². The summed E-state index contributed by atoms with van der Waals surface area (Å²) in [4.78, 5) is 25.5. The third kappa shape index (κ3) is 8.33. The molecule has 2 amide bonds. The molecule has 0 atom stereocenters. The van der Waals surface area contributed by atoms with Crippen molar-refractivity contribution in [2.45, 2.75) is 10.6 Å². The molecular formula is C29H24FN3O3S. The highest BCUT2D eigenvalue weighted by atomic mass is 32.2. The van der Waals surface area contributed by atoms with E-state index in [9.17, 15) is 14.0 Å². The SMILES string of the molecule is O=C(COc1ccc(/C=N\NC(=O)c2ccc(CSc3ccccc3)cc2)cc1)Nc1ccc(F)cc1. The fourth-order valence-corrected chi connectivity index (χ4v) is 4.07. The van der Waals surface area contributed by atoms with Crippen molar-refractivity contribution < 1.29 is 18.7 Å². The molecule has 0 heterocycles. The van der Waals surface area contributed by atoms with Crippen LogP contribution in [-0.4, -0.2) is 24.6 Å². The molecule has 0 bridgehead atoms. The fraction of sp³-hybridized carbons (Fsp3) is 0.0690. The lowest BCUT2D eigenvalue weighted by Crippen LogP contribution is -2.20. The van der Waals surface area contributed by atoms with E-state index in [1.165, 1.54) is 35.4 Å². The fourth-order valence-electron chi connectivity index (χ4n) is 3.20. The number of halogens is 1. The quantitative estimate of drug-likeness (QED) is 0.157. The lowest BCUT2D eigenvalue weighted by Gasteiger charge is -2.07. The van der Waals surface area contributed by atoms with Gasteiger partial charge in [0, 0.05) is 21.9 Å². The Balaban J connectivity index is 1.20. The van der Waals surface area contributed by atoms with Crippen LogP contribution in [0.5, 0.6) is 5.75 Å². The Kier molecular flexibility index (Phi) is 9.04. The molecule has 37 heavy (non-hydrogen) atoms. The van der Waals surface area contributed by atoms with Gasteiger partial charge in [0.2, 0.25) is 0 Å². The monoisotopic (exact) mass is 513 g/mol. The molecule has 0 aliphatic heterocycles. The number of hydrazone groups is 1. The van der Waals surface area contributed by atoms with Gasteiger partial charge in [-0.2, -0.15) is 5.10 Å². The third-order valence-corrected chi connectivity index (χ3v) is 6.21. The van der Waals surface area contributed by atoms with Crippen LogP contribution in [0.2, 0.25) is 0 Å². The van der Waals surface area contributed by atoms with Crippen molar-refractivity contribution >= 4 is 35.5 Å². The highest BCUT2D eigenvalue weighted by Crippen LogP contribution is 2.22. The molecule has 0 unspecified atom stereocenters. The van der Waals surface area contributed by atoms with E-state index in [1.54, 1.807) is 48.2 Å². The van der Waals surface area contributed by atoms with Crippen molar-refractivity contribution in [3.63, 3.8) is 0 Å². The number of amides is 2. The Morgan fingerprint density at radius 1 is 0.865 bits per heavy atom. The minimum absolute atomic E-state index is 0.190. The summed E-state index contributed by atoms with van der Waals surface area (Å²) in [6.07, 6.45) is 1.52. The van der Waals surface area contributed by atoms with Crippen LogP contribution in [-0.2, 0) is 10.5 Å². The molecule has 186 valence electrons. The van der Waals surface area contributed by atoms with Crippen LogP contribution in [0.4, 0.5) is 10.1 Å². The first-order chi connectivity index (χ1) is 18.0. The Labute approximate surface area is 218 Å². The van der Waals surface area contributed by atoms with E-state index >= 15 is 0 Å². The first kappa shape index (κ1) is 25.7. The molecule has 2 N–H and O–H groups in total. The van der Waals surface area contributed by atoms with Crippen molar-refractivity contribution in [2.75, 3.05) is 11.9 Å². The lowest BCUT2D eigenvalue weighted by atomic mass is 10.1. The molecule has 0 aliphatic carbocycles. The largest absolute Gasteiger partial charge is 0.484 e. The van der Waals surface area contributed by atoms with Crippen LogP contribution in [0.1, 0.15) is 21.5 Å². The van der Waals surface area contributed by atoms with Gasteiger partial charge >= 0.3 is 0 Å². The molecule has 0 spiro atoms. The molecule has 0 saturated heterocycles. The predicted molar refractivity (Wildman–Crippen MR) is 144 cm³/mol. The van der Waals surface area contributed by atoms with Gasteiger partial charge in [-0.3, -0.25) is 9.59 Å². The maximum absolute atomic E-state index is 12.9. The van der Waals surface area contributed by atoms with Crippen molar-refractivity contribution in [3.05, 3.63) is 126 Å². The van der Waals surface area contributed by atoms with E-state index in [1.807, 2.05) is 30.3 Å². The molecule has 0 radical (unpaired) electrons. The number of nitrogens with one attached hydrogen (secondary N) is 2. The highest BCUT2D eigenvalue weighted by Gasteiger charge is 2.06. The summed E-state index contributed by atoms with van der Waals surface area (Å²) in [5.74, 6) is 0.290. The van der Waals surface area contributed by atoms with Crippen LogP contribution in [0.25, 0.3) is 0 Å². The zero-order chi connectivity index (χ0) is 25.9. The minimum Gasteiger partial charge on any atom is -0.484 e. The first-order valence-corrected chi connectivity index (χ1v) is 12.4. The summed E-state index contributed by atoms with van der Waals surface area (Å²) < 4.78 is 18.4. The van der Waals surface area contributed by atoms with E-state index in [-0.39, 0.29) is 24.2 Å². The maximum Gasteiger partial charge on any atom is 0.271 e. The molecule has 8 heteroatoms. The Morgan fingerprint density at radius 3 is 2.27 bits per heavy atom. The molecule has 0 aliphatic rings. The molecule has 4 aromatic carbocycles. The maximum atomic E-state index is 12.9. The van der Waals surface area contributed by atoms with Crippen LogP contribution >= 0.6 is 11.8 Å². The predicted octanol–water partition coefficient (Wildman–Crippen LogP) is 5.90. The number of hydrogen-bond acceptors (Lipinski definition) is 5. The van der Waals surface area contributed by atoms with Crippen molar-refractivity contribution in [3.8, 4) is 5.75 Å². The van der Waals surface area contributed by atoms with Gasteiger partial charge in [0.15, 0.2) is 6.61 Å². The van der Waals surface area contributed by atoms with E-state index < -0.39 is 0 Å². The normalized spacial score (nSPS) is 10.7. The summed E-state index contributed by atoms with van der Waals surface area (Å²) in [6.45, 7) is -0.190. The van der Waals surface area contributed by atoms with Crippen LogP contribution in [0.3, 0.4) is 0 Å². The average molecular weight is 514 g/mol. The van der Waals surface area contributed by atoms with Gasteiger partial charge in [0.1, 0.15) is 11.6 Å². The highest BCUT2D eigenvalue weighted by molar-refractivity contribution is 7.98. The second-order valence-corrected chi connectivity index (χ2v) is 8.96. The van der Waals surface area contributed by atoms with Gasteiger partial charge in [-0.05, 0) is 83.9 Å². The molecule has 4 rings (SSSR count). The van der Waals surface area contributed by atoms with Crippen molar-refractivity contribution in [1.82, 2.24) is 5.43 Å². The number of thioether (sulfide) groups is 1. The van der Waals surface area contributed by atoms with Gasteiger partial charge in [-0.25, -0.2) is 9.82 Å². The lowest BCUT2D eigenvalue weighted by molar-refractivity contribution is -0.118. The smallest absolute Gasteiger partial charge is 0.271 e. The number of benzene rings is 4. The second kappa shape index (κ2) is 13.0. The Hall–Kier alpha value is -4.43. The van der Waals surface area contributed by atoms with Gasteiger partial charge in [-0.15, -0.1) is 11.8 Å². The van der Waals surface area contributed by atoms with E-state index in [2.05, 4.69) is 28.0 Å². The summed E-state index contributed by atoms with van der Waals surface area (Å²) >= 11 is 1.74. The average Bonchev–Trinajstić information content (AvgIpc) is 2.93. The van der Waals surface area contributed by atoms with E-state index in [0.717, 1.165) is 16.9 Å². The standard InChI is InChI=1S/C29H24FN3O3S/c30-24-12-14-25(15-13-24)32-28(34)19-36-26-16-8-21(9-17-26)18-31-33-29(35)23-10-6-22(7-11-23)20-37-27-4-2-1-3-5-27/h1-18H,19-20H2,(H,32,34)(H,33,35)/b31-18-. The Morgan fingerprint density at radius 2 is 1.57 bits per heavy atom. The molecule has 6 nitrogen and oxygen atoms in total. The van der Waals surface area contributed by atoms with Gasteiger partial charge in [0.25, 0.3) is 11.8 Å². The number of carbonyl (C=O) groups is 2. The number of ether oxygens (including phenoxy) is 1. The van der Waals surface area contributed by atoms with E-state index in [4.69, 9.17) is 4.74 Å². The number of hydrogen-bond donors (Lipinski definition) is 2. The van der Waals surface area contributed by atoms with Gasteiger partial charge < -0.3 is 10.1 Å². The topological polar surface area (TPSA) is 79.8 Å². The number of nitrogens with zero attached hydrogens (tertiary/aromatic N) is 1. The van der Waals surface area contributed by atoms with E-state index in [0.29, 0.717) is 17.0 Å². The summed E-state index contributed by atoms with van der Waals surface area (Å²) in [5.41, 5.74) is 5.41. The summed E-state index contributed by atoms with van der Waals surface area (Å²) in [5, 5.41) is 6.64. The molecule has 0 saturated carbocycles. The van der Waals surface area contributed by atoms with Crippen molar-refractivity contribution in [2.24, 2.45) is 5.10 Å². The number of carbonyl (C=O) groups excluding carboxylic acids is 2. The molecule has 4 aromatic rings. The third-order valence-electron chi connectivity index (χ3n) is 5.12. The summed E-state index contributed by atoms with van der Waals surface area (Å²) in [6, 6.07) is 30.0. The zero-order valence-electron chi connectivity index (χ0n) is 19.8. The first-order valence-electron chi connectivity index (χ1n) is 11.4. The molecule has 0 aromatic heterocycles. The zero-order valence-corrected chi connectivity index (χ0v) is 20.6. The number of rotatable bonds is 10. The number of anilines is 1. The van der Waals surface area contributed by atoms with Crippen LogP contribution < -0.4 is 15.5 Å².